The summed E-state index contributed by atoms with van der Waals surface area (Å²) < 4.78 is 9.91. The number of hydrogen-bond acceptors (Lipinski definition) is 6. The number of terminal acetylenes is 1. The van der Waals surface area contributed by atoms with Gasteiger partial charge in [-0.2, -0.15) is 0 Å². The monoisotopic (exact) mass is 218 g/mol. The van der Waals surface area contributed by atoms with Crippen LogP contribution in [-0.2, 0) is 9.47 Å². The highest BCUT2D eigenvalue weighted by Crippen LogP contribution is 2.21. The average molecular weight is 218 g/mol. The molecule has 0 aliphatic carbocycles. The van der Waals surface area contributed by atoms with Gasteiger partial charge in [-0.15, -0.1) is 6.42 Å². The summed E-state index contributed by atoms with van der Waals surface area (Å²) in [5, 5.41) is 37.0. The van der Waals surface area contributed by atoms with Crippen molar-refractivity contribution in [3.63, 3.8) is 0 Å². The highest BCUT2D eigenvalue weighted by atomic mass is 16.7. The molecule has 1 fully saturated rings. The Hall–Kier alpha value is -0.680. The van der Waals surface area contributed by atoms with E-state index in [-0.39, 0.29) is 6.61 Å². The lowest BCUT2D eigenvalue weighted by molar-refractivity contribution is -0.298. The van der Waals surface area contributed by atoms with Gasteiger partial charge in [0.2, 0.25) is 0 Å². The third-order valence-corrected chi connectivity index (χ3v) is 2.18. The van der Waals surface area contributed by atoms with Crippen LogP contribution in [0.25, 0.3) is 0 Å². The molecule has 1 aliphatic heterocycles. The van der Waals surface area contributed by atoms with Gasteiger partial charge in [0.1, 0.15) is 31.0 Å². The summed E-state index contributed by atoms with van der Waals surface area (Å²) in [4.78, 5) is 0. The molecule has 0 bridgehead atoms. The quantitative estimate of drug-likeness (QED) is 0.389. The molecule has 6 heteroatoms. The van der Waals surface area contributed by atoms with Crippen molar-refractivity contribution in [2.24, 2.45) is 0 Å². The number of aliphatic hydroxyl groups excluding tert-OH is 4. The molecular formula is C9H14O6. The van der Waals surface area contributed by atoms with Crippen molar-refractivity contribution in [2.45, 2.75) is 30.7 Å². The molecular weight excluding hydrogens is 204 g/mol. The van der Waals surface area contributed by atoms with E-state index < -0.39 is 37.3 Å². The molecule has 4 N–H and O–H groups in total. The largest absolute Gasteiger partial charge is 0.394 e. The molecule has 0 unspecified atom stereocenters. The average Bonchev–Trinajstić information content (AvgIpc) is 2.25. The number of hydrogen-bond donors (Lipinski definition) is 4. The van der Waals surface area contributed by atoms with E-state index in [0.717, 1.165) is 0 Å². The first-order valence-electron chi connectivity index (χ1n) is 4.47. The summed E-state index contributed by atoms with van der Waals surface area (Å²) in [7, 11) is 0. The van der Waals surface area contributed by atoms with Crippen LogP contribution < -0.4 is 0 Å². The third-order valence-electron chi connectivity index (χ3n) is 2.18. The Kier molecular flexibility index (Phi) is 4.47. The van der Waals surface area contributed by atoms with Crippen molar-refractivity contribution in [2.75, 3.05) is 13.2 Å². The molecule has 0 spiro atoms. The minimum Gasteiger partial charge on any atom is -0.394 e. The van der Waals surface area contributed by atoms with Crippen LogP contribution in [0.1, 0.15) is 0 Å². The van der Waals surface area contributed by atoms with Crippen molar-refractivity contribution < 1.29 is 29.9 Å². The second-order valence-corrected chi connectivity index (χ2v) is 3.21. The molecule has 0 aromatic heterocycles. The van der Waals surface area contributed by atoms with Gasteiger partial charge < -0.3 is 29.9 Å². The Balaban J connectivity index is 2.62. The maximum atomic E-state index is 9.44. The predicted molar refractivity (Wildman–Crippen MR) is 48.6 cm³/mol. The first-order valence-corrected chi connectivity index (χ1v) is 4.47. The summed E-state index contributed by atoms with van der Waals surface area (Å²) in [6, 6.07) is 0. The van der Waals surface area contributed by atoms with Gasteiger partial charge in [-0.25, -0.2) is 0 Å². The first kappa shape index (κ1) is 12.4. The second-order valence-electron chi connectivity index (χ2n) is 3.21. The highest BCUT2D eigenvalue weighted by Gasteiger charge is 2.43. The van der Waals surface area contributed by atoms with Gasteiger partial charge in [0, 0.05) is 0 Å². The summed E-state index contributed by atoms with van der Waals surface area (Å²) >= 11 is 0. The Labute approximate surface area is 87.1 Å². The Morgan fingerprint density at radius 2 is 1.87 bits per heavy atom. The fraction of sp³-hybridized carbons (Fsp3) is 0.778. The Morgan fingerprint density at radius 1 is 1.20 bits per heavy atom. The maximum Gasteiger partial charge on any atom is 0.187 e. The zero-order chi connectivity index (χ0) is 11.4. The molecule has 0 radical (unpaired) electrons. The molecule has 1 saturated heterocycles. The molecule has 1 aliphatic rings. The lowest BCUT2D eigenvalue weighted by Gasteiger charge is -2.39. The molecule has 0 aromatic rings. The van der Waals surface area contributed by atoms with Crippen LogP contribution >= 0.6 is 0 Å². The maximum absolute atomic E-state index is 9.44. The molecule has 1 heterocycles. The van der Waals surface area contributed by atoms with Crippen LogP contribution in [0, 0.1) is 12.3 Å². The van der Waals surface area contributed by atoms with Crippen molar-refractivity contribution in [3.05, 3.63) is 0 Å². The first-order chi connectivity index (χ1) is 7.11. The molecule has 6 nitrogen and oxygen atoms in total. The fourth-order valence-corrected chi connectivity index (χ4v) is 1.34. The van der Waals surface area contributed by atoms with E-state index in [0.29, 0.717) is 0 Å². The molecule has 5 atom stereocenters. The molecule has 15 heavy (non-hydrogen) atoms. The van der Waals surface area contributed by atoms with E-state index in [1.807, 2.05) is 0 Å². The fourth-order valence-electron chi connectivity index (χ4n) is 1.34. The van der Waals surface area contributed by atoms with Crippen molar-refractivity contribution >= 4 is 0 Å². The summed E-state index contributed by atoms with van der Waals surface area (Å²) in [6.45, 7) is -0.580. The van der Waals surface area contributed by atoms with Crippen LogP contribution in [0.5, 0.6) is 0 Å². The van der Waals surface area contributed by atoms with Gasteiger partial charge in [-0.3, -0.25) is 0 Å². The lowest BCUT2D eigenvalue weighted by atomic mass is 9.99. The Bertz CT molecular complexity index is 235. The summed E-state index contributed by atoms with van der Waals surface area (Å²) in [5.74, 6) is 2.17. The molecule has 1 rings (SSSR count). The molecule has 0 amide bonds. The van der Waals surface area contributed by atoms with Crippen LogP contribution in [0.4, 0.5) is 0 Å². The van der Waals surface area contributed by atoms with Crippen molar-refractivity contribution in [1.29, 1.82) is 0 Å². The number of aliphatic hydroxyl groups is 4. The SMILES string of the molecule is C#CCO[C@@H]1O[C@@H](CO)[C@H](O)[C@@H](O)[C@H]1O. The second kappa shape index (κ2) is 5.42. The minimum atomic E-state index is -1.43. The standard InChI is InChI=1S/C9H14O6/c1-2-3-14-9-8(13)7(12)6(11)5(4-10)15-9/h1,5-13H,3-4H2/t5-,6-,7+,8+,9+/m0/s1. The molecule has 86 valence electrons. The van der Waals surface area contributed by atoms with E-state index >= 15 is 0 Å². The van der Waals surface area contributed by atoms with Crippen LogP contribution in [0.3, 0.4) is 0 Å². The zero-order valence-corrected chi connectivity index (χ0v) is 7.98. The van der Waals surface area contributed by atoms with Gasteiger partial charge >= 0.3 is 0 Å². The van der Waals surface area contributed by atoms with Crippen LogP contribution in [-0.4, -0.2) is 64.3 Å². The lowest BCUT2D eigenvalue weighted by Crippen LogP contribution is -2.59. The minimum absolute atomic E-state index is 0.0946. The van der Waals surface area contributed by atoms with Gasteiger partial charge in [0.15, 0.2) is 6.29 Å². The summed E-state index contributed by atoms with van der Waals surface area (Å²) in [6.07, 6.45) is -1.36. The van der Waals surface area contributed by atoms with E-state index in [9.17, 15) is 15.3 Å². The van der Waals surface area contributed by atoms with E-state index in [1.54, 1.807) is 0 Å². The van der Waals surface area contributed by atoms with Gasteiger partial charge in [0.25, 0.3) is 0 Å². The topological polar surface area (TPSA) is 99.4 Å². The third kappa shape index (κ3) is 2.66. The van der Waals surface area contributed by atoms with E-state index in [4.69, 9.17) is 21.0 Å². The van der Waals surface area contributed by atoms with E-state index in [1.165, 1.54) is 0 Å². The van der Waals surface area contributed by atoms with Gasteiger partial charge in [0.05, 0.1) is 6.61 Å². The van der Waals surface area contributed by atoms with Crippen LogP contribution in [0.15, 0.2) is 0 Å². The normalized spacial score (nSPS) is 41.1. The molecule has 0 aromatic carbocycles. The zero-order valence-electron chi connectivity index (χ0n) is 7.98. The smallest absolute Gasteiger partial charge is 0.187 e. The summed E-state index contributed by atoms with van der Waals surface area (Å²) in [5.41, 5.74) is 0. The molecule has 0 saturated carbocycles. The van der Waals surface area contributed by atoms with Gasteiger partial charge in [-0.1, -0.05) is 5.92 Å². The van der Waals surface area contributed by atoms with Crippen molar-refractivity contribution in [3.8, 4) is 12.3 Å². The number of ether oxygens (including phenoxy) is 2. The van der Waals surface area contributed by atoms with Crippen LogP contribution in [0.2, 0.25) is 0 Å². The van der Waals surface area contributed by atoms with E-state index in [2.05, 4.69) is 5.92 Å². The van der Waals surface area contributed by atoms with Gasteiger partial charge in [-0.05, 0) is 0 Å². The predicted octanol–water partition coefficient (Wildman–Crippen LogP) is -2.56. The highest BCUT2D eigenvalue weighted by molar-refractivity contribution is 4.90. The van der Waals surface area contributed by atoms with Crippen molar-refractivity contribution in [1.82, 2.24) is 0 Å². The number of rotatable bonds is 3. The Morgan fingerprint density at radius 3 is 2.40 bits per heavy atom.